The van der Waals surface area contributed by atoms with E-state index in [1.54, 1.807) is 6.07 Å². The van der Waals surface area contributed by atoms with E-state index < -0.39 is 12.4 Å². The summed E-state index contributed by atoms with van der Waals surface area (Å²) in [5.74, 6) is -0.810. The fourth-order valence-corrected chi connectivity index (χ4v) is 1.63. The van der Waals surface area contributed by atoms with Gasteiger partial charge in [0.2, 0.25) is 0 Å². The van der Waals surface area contributed by atoms with E-state index in [0.29, 0.717) is 0 Å². The van der Waals surface area contributed by atoms with Crippen LogP contribution in [-0.4, -0.2) is 12.4 Å². The first-order valence-electron chi connectivity index (χ1n) is 4.15. The molecule has 84 valence electrons. The van der Waals surface area contributed by atoms with Crippen LogP contribution in [0.4, 0.5) is 8.78 Å². The lowest BCUT2D eigenvalue weighted by atomic mass is 10.0. The van der Waals surface area contributed by atoms with E-state index in [2.05, 4.69) is 20.7 Å². The van der Waals surface area contributed by atoms with Crippen molar-refractivity contribution < 1.29 is 18.3 Å². The Hall–Kier alpha value is -1.48. The van der Waals surface area contributed by atoms with Crippen molar-refractivity contribution in [3.63, 3.8) is 0 Å². The van der Waals surface area contributed by atoms with Gasteiger partial charge in [-0.15, -0.1) is 0 Å². The number of nitrogens with zero attached hydrogens (tertiary/aromatic N) is 1. The number of halogens is 3. The van der Waals surface area contributed by atoms with E-state index in [4.69, 9.17) is 5.26 Å². The Morgan fingerprint density at radius 1 is 1.56 bits per heavy atom. The number of carbonyl (C=O) groups is 1. The Bertz CT molecular complexity index is 469. The summed E-state index contributed by atoms with van der Waals surface area (Å²) in [6.45, 7) is -1.87. The van der Waals surface area contributed by atoms with E-state index >= 15 is 0 Å². The highest BCUT2D eigenvalue weighted by atomic mass is 79.9. The molecule has 0 aromatic heterocycles. The molecule has 6 heteroatoms. The summed E-state index contributed by atoms with van der Waals surface area (Å²) < 4.78 is 28.7. The van der Waals surface area contributed by atoms with Crippen LogP contribution >= 0.6 is 15.9 Å². The summed E-state index contributed by atoms with van der Waals surface area (Å²) in [6, 6.07) is 4.49. The number of benzene rings is 1. The van der Waals surface area contributed by atoms with Gasteiger partial charge in [0.05, 0.1) is 15.6 Å². The van der Waals surface area contributed by atoms with Crippen molar-refractivity contribution in [2.45, 2.75) is 13.5 Å². The predicted molar refractivity (Wildman–Crippen MR) is 55.5 cm³/mol. The number of nitriles is 1. The molecule has 0 N–H and O–H groups in total. The Morgan fingerprint density at radius 2 is 2.19 bits per heavy atom. The molecule has 3 nitrogen and oxygen atoms in total. The van der Waals surface area contributed by atoms with Crippen molar-refractivity contribution >= 4 is 21.7 Å². The number of rotatable bonds is 3. The van der Waals surface area contributed by atoms with Crippen LogP contribution in [0.3, 0.4) is 0 Å². The molecule has 1 aromatic carbocycles. The highest BCUT2D eigenvalue weighted by Crippen LogP contribution is 2.33. The van der Waals surface area contributed by atoms with Gasteiger partial charge in [0.15, 0.2) is 11.5 Å². The summed E-state index contributed by atoms with van der Waals surface area (Å²) in [6.07, 6.45) is 0. The first-order valence-corrected chi connectivity index (χ1v) is 4.95. The molecule has 0 fully saturated rings. The average molecular weight is 290 g/mol. The van der Waals surface area contributed by atoms with Crippen molar-refractivity contribution in [1.29, 1.82) is 5.26 Å². The largest absolute Gasteiger partial charge is 0.433 e. The van der Waals surface area contributed by atoms with Gasteiger partial charge in [-0.2, -0.15) is 14.0 Å². The zero-order chi connectivity index (χ0) is 12.3. The Morgan fingerprint density at radius 3 is 2.62 bits per heavy atom. The van der Waals surface area contributed by atoms with Crippen LogP contribution in [0.25, 0.3) is 0 Å². The molecule has 0 aliphatic rings. The van der Waals surface area contributed by atoms with E-state index in [0.717, 1.165) is 0 Å². The number of Topliss-reactive ketones (excluding diaryl/α,β-unsaturated/α-hetero) is 1. The number of ketones is 1. The SMILES string of the molecule is CC(=O)c1c(C#N)ccc(Br)c1OC(F)F. The van der Waals surface area contributed by atoms with Crippen molar-refractivity contribution in [3.05, 3.63) is 27.7 Å². The third kappa shape index (κ3) is 2.55. The topological polar surface area (TPSA) is 50.1 Å². The first-order chi connectivity index (χ1) is 7.47. The minimum atomic E-state index is -3.05. The molecule has 0 atom stereocenters. The molecule has 0 heterocycles. The Labute approximate surface area is 98.8 Å². The molecule has 0 aliphatic heterocycles. The number of hydrogen-bond acceptors (Lipinski definition) is 3. The summed E-state index contributed by atoms with van der Waals surface area (Å²) in [5, 5.41) is 8.76. The smallest absolute Gasteiger partial charge is 0.387 e. The van der Waals surface area contributed by atoms with Gasteiger partial charge in [0.1, 0.15) is 6.07 Å². The van der Waals surface area contributed by atoms with Crippen LogP contribution in [0, 0.1) is 11.3 Å². The highest BCUT2D eigenvalue weighted by molar-refractivity contribution is 9.10. The zero-order valence-electron chi connectivity index (χ0n) is 8.13. The summed E-state index contributed by atoms with van der Waals surface area (Å²) >= 11 is 2.99. The summed E-state index contributed by atoms with van der Waals surface area (Å²) in [5.41, 5.74) is -0.136. The number of alkyl halides is 2. The molecule has 0 spiro atoms. The van der Waals surface area contributed by atoms with E-state index in [-0.39, 0.29) is 21.3 Å². The van der Waals surface area contributed by atoms with Gasteiger partial charge in [-0.1, -0.05) is 0 Å². The normalized spacial score (nSPS) is 10.0. The lowest BCUT2D eigenvalue weighted by Gasteiger charge is -2.11. The van der Waals surface area contributed by atoms with Crippen molar-refractivity contribution in [2.24, 2.45) is 0 Å². The molecular formula is C10H6BrF2NO2. The van der Waals surface area contributed by atoms with Gasteiger partial charge in [0.25, 0.3) is 0 Å². The van der Waals surface area contributed by atoms with E-state index in [9.17, 15) is 13.6 Å². The third-order valence-corrected chi connectivity index (χ3v) is 2.41. The van der Waals surface area contributed by atoms with E-state index in [1.807, 2.05) is 0 Å². The predicted octanol–water partition coefficient (Wildman–Crippen LogP) is 3.12. The maximum absolute atomic E-state index is 12.1. The number of hydrogen-bond donors (Lipinski definition) is 0. The van der Waals surface area contributed by atoms with Crippen LogP contribution in [0.15, 0.2) is 16.6 Å². The monoisotopic (exact) mass is 289 g/mol. The van der Waals surface area contributed by atoms with Gasteiger partial charge >= 0.3 is 6.61 Å². The van der Waals surface area contributed by atoms with Crippen LogP contribution in [-0.2, 0) is 0 Å². The molecule has 0 radical (unpaired) electrons. The summed E-state index contributed by atoms with van der Waals surface area (Å²) in [7, 11) is 0. The molecular weight excluding hydrogens is 284 g/mol. The van der Waals surface area contributed by atoms with E-state index in [1.165, 1.54) is 19.1 Å². The van der Waals surface area contributed by atoms with Gasteiger partial charge in [-0.3, -0.25) is 4.79 Å². The second kappa shape index (κ2) is 5.03. The first kappa shape index (κ1) is 12.6. The molecule has 0 bridgehead atoms. The van der Waals surface area contributed by atoms with Crippen molar-refractivity contribution in [1.82, 2.24) is 0 Å². The molecule has 0 saturated carbocycles. The maximum atomic E-state index is 12.1. The highest BCUT2D eigenvalue weighted by Gasteiger charge is 2.20. The quantitative estimate of drug-likeness (QED) is 0.804. The third-order valence-electron chi connectivity index (χ3n) is 1.79. The van der Waals surface area contributed by atoms with Crippen molar-refractivity contribution in [2.75, 3.05) is 0 Å². The lowest BCUT2D eigenvalue weighted by Crippen LogP contribution is -2.08. The van der Waals surface area contributed by atoms with Crippen LogP contribution < -0.4 is 4.74 Å². The lowest BCUT2D eigenvalue weighted by molar-refractivity contribution is -0.0506. The zero-order valence-corrected chi connectivity index (χ0v) is 9.72. The minimum Gasteiger partial charge on any atom is -0.433 e. The van der Waals surface area contributed by atoms with Gasteiger partial charge in [-0.25, -0.2) is 0 Å². The standard InChI is InChI=1S/C10H6BrF2NO2/c1-5(15)8-6(4-14)2-3-7(11)9(8)16-10(12)13/h2-3,10H,1H3. The molecule has 0 amide bonds. The molecule has 1 aromatic rings. The second-order valence-corrected chi connectivity index (χ2v) is 3.70. The van der Waals surface area contributed by atoms with Gasteiger partial charge < -0.3 is 4.74 Å². The van der Waals surface area contributed by atoms with Crippen LogP contribution in [0.5, 0.6) is 5.75 Å². The average Bonchev–Trinajstić information content (AvgIpc) is 2.19. The number of carbonyl (C=O) groups excluding carboxylic acids is 1. The fraction of sp³-hybridized carbons (Fsp3) is 0.200. The number of ether oxygens (including phenoxy) is 1. The molecule has 0 unspecified atom stereocenters. The Balaban J connectivity index is 3.43. The minimum absolute atomic E-state index is 0.00588. The molecule has 1 rings (SSSR count). The van der Waals surface area contributed by atoms with Gasteiger partial charge in [-0.05, 0) is 35.0 Å². The molecule has 16 heavy (non-hydrogen) atoms. The summed E-state index contributed by atoms with van der Waals surface area (Å²) in [4.78, 5) is 11.3. The van der Waals surface area contributed by atoms with Crippen LogP contribution in [0.1, 0.15) is 22.8 Å². The second-order valence-electron chi connectivity index (χ2n) is 2.85. The molecule has 0 saturated heterocycles. The maximum Gasteiger partial charge on any atom is 0.387 e. The van der Waals surface area contributed by atoms with Crippen molar-refractivity contribution in [3.8, 4) is 11.8 Å². The van der Waals surface area contributed by atoms with Gasteiger partial charge in [0, 0.05) is 0 Å². The van der Waals surface area contributed by atoms with Crippen LogP contribution in [0.2, 0.25) is 0 Å². The Kier molecular flexibility index (Phi) is 3.96. The molecule has 0 aliphatic carbocycles. The fourth-order valence-electron chi connectivity index (χ4n) is 1.20.